The lowest BCUT2D eigenvalue weighted by molar-refractivity contribution is 0.200. The second-order valence-corrected chi connectivity index (χ2v) is 8.23. The summed E-state index contributed by atoms with van der Waals surface area (Å²) in [7, 11) is 0. The molecule has 0 aliphatic carbocycles. The van der Waals surface area contributed by atoms with Crippen molar-refractivity contribution in [2.45, 2.75) is 33.8 Å². The monoisotopic (exact) mass is 392 g/mol. The third-order valence-corrected chi connectivity index (χ3v) is 5.73. The van der Waals surface area contributed by atoms with Crippen LogP contribution >= 0.6 is 0 Å². The normalized spacial score (nSPS) is 12.0. The van der Waals surface area contributed by atoms with Gasteiger partial charge >= 0.3 is 0 Å². The molecular weight excluding hydrogens is 364 g/mol. The maximum Gasteiger partial charge on any atom is 0.0768 e. The van der Waals surface area contributed by atoms with Crippen molar-refractivity contribution in [2.75, 3.05) is 0 Å². The smallest absolute Gasteiger partial charge is 0.0768 e. The molecule has 4 aromatic rings. The van der Waals surface area contributed by atoms with E-state index in [2.05, 4.69) is 106 Å². The predicted octanol–water partition coefficient (Wildman–Crippen LogP) is 7.67. The first kappa shape index (κ1) is 20.1. The molecule has 1 N–H and O–H groups in total. The second-order valence-electron chi connectivity index (χ2n) is 8.23. The van der Waals surface area contributed by atoms with Crippen molar-refractivity contribution < 1.29 is 5.11 Å². The third kappa shape index (κ3) is 3.94. The van der Waals surface area contributed by atoms with Gasteiger partial charge < -0.3 is 5.11 Å². The molecule has 0 aliphatic rings. The Balaban J connectivity index is 2.09. The number of aliphatic hydroxyl groups excluding tert-OH is 1. The summed E-state index contributed by atoms with van der Waals surface area (Å²) in [6.07, 6.45) is -0.558. The van der Waals surface area contributed by atoms with Crippen LogP contribution in [0.2, 0.25) is 0 Å². The van der Waals surface area contributed by atoms with Crippen molar-refractivity contribution in [1.29, 1.82) is 0 Å². The molecule has 4 rings (SSSR count). The van der Waals surface area contributed by atoms with Crippen LogP contribution in [0, 0.1) is 20.8 Å². The van der Waals surface area contributed by atoms with E-state index in [0.717, 1.165) is 22.3 Å². The number of benzene rings is 4. The Morgan fingerprint density at radius 1 is 0.500 bits per heavy atom. The summed E-state index contributed by atoms with van der Waals surface area (Å²) in [6.45, 7) is 8.16. The molecule has 0 saturated heterocycles. The number of hydrogen-bond acceptors (Lipinski definition) is 1. The molecule has 0 aliphatic heterocycles. The molecule has 0 bridgehead atoms. The van der Waals surface area contributed by atoms with E-state index >= 15 is 0 Å². The van der Waals surface area contributed by atoms with Gasteiger partial charge in [-0.25, -0.2) is 0 Å². The molecule has 0 aromatic heterocycles. The van der Waals surface area contributed by atoms with Crippen LogP contribution in [0.15, 0.2) is 84.9 Å². The summed E-state index contributed by atoms with van der Waals surface area (Å²) in [5, 5.41) is 10.6. The average molecular weight is 393 g/mol. The minimum absolute atomic E-state index is 0.558. The van der Waals surface area contributed by atoms with Gasteiger partial charge in [0.05, 0.1) is 6.10 Å². The molecule has 0 heterocycles. The van der Waals surface area contributed by atoms with E-state index in [4.69, 9.17) is 0 Å². The fourth-order valence-corrected chi connectivity index (χ4v) is 3.99. The van der Waals surface area contributed by atoms with Gasteiger partial charge in [0.2, 0.25) is 0 Å². The van der Waals surface area contributed by atoms with Crippen LogP contribution in [0.1, 0.15) is 35.3 Å². The molecule has 1 heteroatoms. The van der Waals surface area contributed by atoms with Gasteiger partial charge in [0.1, 0.15) is 0 Å². The van der Waals surface area contributed by atoms with Crippen molar-refractivity contribution in [1.82, 2.24) is 0 Å². The Labute approximate surface area is 179 Å². The Kier molecular flexibility index (Phi) is 5.57. The van der Waals surface area contributed by atoms with E-state index in [9.17, 15) is 5.11 Å². The van der Waals surface area contributed by atoms with Crippen molar-refractivity contribution in [3.8, 4) is 33.4 Å². The molecule has 0 spiro atoms. The highest BCUT2D eigenvalue weighted by Crippen LogP contribution is 2.44. The van der Waals surface area contributed by atoms with E-state index in [0.29, 0.717) is 0 Å². The standard InChI is InChI=1S/C29H28O/c1-19-5-11-23(12-6-19)27-18-17-26(22(4)30)28(24-13-7-20(2)8-14-24)29(27)25-15-9-21(3)10-16-25/h5-18,22,30H,1-4H3/t22-/m0/s1. The lowest BCUT2D eigenvalue weighted by Gasteiger charge is -2.22. The second kappa shape index (κ2) is 8.30. The van der Waals surface area contributed by atoms with Crippen molar-refractivity contribution in [3.63, 3.8) is 0 Å². The van der Waals surface area contributed by atoms with E-state index in [1.54, 1.807) is 0 Å². The lowest BCUT2D eigenvalue weighted by atomic mass is 9.83. The number of hydrogen-bond donors (Lipinski definition) is 1. The highest BCUT2D eigenvalue weighted by molar-refractivity contribution is 5.96. The molecule has 150 valence electrons. The van der Waals surface area contributed by atoms with Crippen LogP contribution < -0.4 is 0 Å². The van der Waals surface area contributed by atoms with Crippen molar-refractivity contribution in [3.05, 3.63) is 107 Å². The zero-order valence-corrected chi connectivity index (χ0v) is 18.1. The molecule has 4 aromatic carbocycles. The van der Waals surface area contributed by atoms with Gasteiger partial charge in [0, 0.05) is 0 Å². The molecule has 0 saturated carbocycles. The van der Waals surface area contributed by atoms with Crippen LogP contribution in [0.4, 0.5) is 0 Å². The summed E-state index contributed by atoms with van der Waals surface area (Å²) in [6, 6.07) is 30.2. The number of aryl methyl sites for hydroxylation is 3. The molecular formula is C29H28O. The van der Waals surface area contributed by atoms with Gasteiger partial charge in [-0.2, -0.15) is 0 Å². The minimum Gasteiger partial charge on any atom is -0.389 e. The highest BCUT2D eigenvalue weighted by Gasteiger charge is 2.20. The summed E-state index contributed by atoms with van der Waals surface area (Å²) in [5.74, 6) is 0. The van der Waals surface area contributed by atoms with Gasteiger partial charge in [-0.3, -0.25) is 0 Å². The lowest BCUT2D eigenvalue weighted by Crippen LogP contribution is -2.00. The van der Waals surface area contributed by atoms with Gasteiger partial charge in [-0.1, -0.05) is 102 Å². The van der Waals surface area contributed by atoms with E-state index in [-0.39, 0.29) is 0 Å². The zero-order chi connectivity index (χ0) is 21.3. The van der Waals surface area contributed by atoms with Gasteiger partial charge in [-0.05, 0) is 66.6 Å². The fourth-order valence-electron chi connectivity index (χ4n) is 3.99. The summed E-state index contributed by atoms with van der Waals surface area (Å²) in [5.41, 5.74) is 11.6. The molecule has 0 unspecified atom stereocenters. The summed E-state index contributed by atoms with van der Waals surface area (Å²) < 4.78 is 0. The molecule has 0 radical (unpaired) electrons. The third-order valence-electron chi connectivity index (χ3n) is 5.73. The van der Waals surface area contributed by atoms with Gasteiger partial charge in [0.15, 0.2) is 0 Å². The maximum absolute atomic E-state index is 10.6. The van der Waals surface area contributed by atoms with Crippen LogP contribution in [-0.4, -0.2) is 5.11 Å². The first-order chi connectivity index (χ1) is 14.4. The number of rotatable bonds is 4. The molecule has 0 amide bonds. The fraction of sp³-hybridized carbons (Fsp3) is 0.172. The largest absolute Gasteiger partial charge is 0.389 e. The maximum atomic E-state index is 10.6. The van der Waals surface area contributed by atoms with Crippen LogP contribution in [0.25, 0.3) is 33.4 Å². The molecule has 1 atom stereocenters. The van der Waals surface area contributed by atoms with Gasteiger partial charge in [-0.15, -0.1) is 0 Å². The Bertz CT molecular complexity index is 1150. The predicted molar refractivity (Wildman–Crippen MR) is 128 cm³/mol. The molecule has 30 heavy (non-hydrogen) atoms. The van der Waals surface area contributed by atoms with E-state index < -0.39 is 6.10 Å². The van der Waals surface area contributed by atoms with Crippen molar-refractivity contribution >= 4 is 0 Å². The highest BCUT2D eigenvalue weighted by atomic mass is 16.3. The van der Waals surface area contributed by atoms with Crippen LogP contribution in [0.5, 0.6) is 0 Å². The SMILES string of the molecule is Cc1ccc(-c2ccc([C@H](C)O)c(-c3ccc(C)cc3)c2-c2ccc(C)cc2)cc1. The van der Waals surface area contributed by atoms with Gasteiger partial charge in [0.25, 0.3) is 0 Å². The summed E-state index contributed by atoms with van der Waals surface area (Å²) >= 11 is 0. The van der Waals surface area contributed by atoms with Crippen LogP contribution in [0.3, 0.4) is 0 Å². The quantitative estimate of drug-likeness (QED) is 0.378. The molecule has 1 nitrogen and oxygen atoms in total. The van der Waals surface area contributed by atoms with Crippen molar-refractivity contribution in [2.24, 2.45) is 0 Å². The van der Waals surface area contributed by atoms with Crippen LogP contribution in [-0.2, 0) is 0 Å². The Morgan fingerprint density at radius 2 is 0.900 bits per heavy atom. The minimum atomic E-state index is -0.558. The average Bonchev–Trinajstić information content (AvgIpc) is 2.74. The summed E-state index contributed by atoms with van der Waals surface area (Å²) in [4.78, 5) is 0. The Morgan fingerprint density at radius 3 is 1.33 bits per heavy atom. The first-order valence-corrected chi connectivity index (χ1v) is 10.5. The topological polar surface area (TPSA) is 20.2 Å². The first-order valence-electron chi connectivity index (χ1n) is 10.5. The molecule has 0 fully saturated rings. The Hall–Kier alpha value is -3.16. The van der Waals surface area contributed by atoms with E-state index in [1.807, 2.05) is 6.92 Å². The van der Waals surface area contributed by atoms with E-state index in [1.165, 1.54) is 33.4 Å². The number of aliphatic hydroxyl groups is 1. The zero-order valence-electron chi connectivity index (χ0n) is 18.1.